The molecule has 0 bridgehead atoms. The van der Waals surface area contributed by atoms with E-state index in [1.165, 1.54) is 6.07 Å². The van der Waals surface area contributed by atoms with E-state index >= 15 is 0 Å². The Bertz CT molecular complexity index is 475. The summed E-state index contributed by atoms with van der Waals surface area (Å²) in [6, 6.07) is 3.13. The van der Waals surface area contributed by atoms with Crippen LogP contribution in [0.15, 0.2) is 12.1 Å². The standard InChI is InChI=1S/C12H13ClFIN2O/c1-16-4-6-17(7-5-16)12(18)10-9(15)3-2-8(13)11(10)14/h2-3H,4-7H2,1H3. The lowest BCUT2D eigenvalue weighted by molar-refractivity contribution is 0.0658. The van der Waals surface area contributed by atoms with Gasteiger partial charge < -0.3 is 9.80 Å². The smallest absolute Gasteiger partial charge is 0.258 e. The van der Waals surface area contributed by atoms with Gasteiger partial charge in [-0.2, -0.15) is 0 Å². The second-order valence-electron chi connectivity index (χ2n) is 4.31. The van der Waals surface area contributed by atoms with Crippen LogP contribution in [-0.2, 0) is 0 Å². The predicted molar refractivity (Wildman–Crippen MR) is 77.5 cm³/mol. The summed E-state index contributed by atoms with van der Waals surface area (Å²) in [5, 5.41) is -0.00658. The van der Waals surface area contributed by atoms with Gasteiger partial charge in [0.25, 0.3) is 5.91 Å². The number of hydrogen-bond donors (Lipinski definition) is 0. The number of likely N-dealkylation sites (N-methyl/N-ethyl adjacent to an activating group) is 1. The number of halogens is 3. The van der Waals surface area contributed by atoms with Gasteiger partial charge in [-0.15, -0.1) is 0 Å². The van der Waals surface area contributed by atoms with Gasteiger partial charge in [-0.25, -0.2) is 4.39 Å². The first-order valence-corrected chi connectivity index (χ1v) is 7.07. The molecular weight excluding hydrogens is 370 g/mol. The molecule has 1 heterocycles. The van der Waals surface area contributed by atoms with Gasteiger partial charge in [-0.1, -0.05) is 11.6 Å². The van der Waals surface area contributed by atoms with Crippen LogP contribution in [-0.4, -0.2) is 48.9 Å². The molecule has 1 aromatic rings. The molecule has 2 rings (SSSR count). The van der Waals surface area contributed by atoms with Gasteiger partial charge in [-0.05, 0) is 41.8 Å². The van der Waals surface area contributed by atoms with Crippen LogP contribution >= 0.6 is 34.2 Å². The Labute approximate surface area is 124 Å². The first-order chi connectivity index (χ1) is 8.50. The second-order valence-corrected chi connectivity index (χ2v) is 5.88. The monoisotopic (exact) mass is 382 g/mol. The van der Waals surface area contributed by atoms with Gasteiger partial charge in [-0.3, -0.25) is 4.79 Å². The lowest BCUT2D eigenvalue weighted by Gasteiger charge is -2.32. The van der Waals surface area contributed by atoms with E-state index in [0.29, 0.717) is 16.7 Å². The molecule has 0 aromatic heterocycles. The zero-order valence-electron chi connectivity index (χ0n) is 9.92. The van der Waals surface area contributed by atoms with Gasteiger partial charge >= 0.3 is 0 Å². The van der Waals surface area contributed by atoms with Crippen molar-refractivity contribution >= 4 is 40.1 Å². The molecule has 3 nitrogen and oxygen atoms in total. The third kappa shape index (κ3) is 2.78. The number of piperazine rings is 1. The number of rotatable bonds is 1. The van der Waals surface area contributed by atoms with Gasteiger partial charge in [0.2, 0.25) is 0 Å². The van der Waals surface area contributed by atoms with Crippen LogP contribution in [0.3, 0.4) is 0 Å². The molecule has 6 heteroatoms. The third-order valence-electron chi connectivity index (χ3n) is 3.05. The highest BCUT2D eigenvalue weighted by Crippen LogP contribution is 2.24. The minimum atomic E-state index is -0.618. The molecule has 98 valence electrons. The lowest BCUT2D eigenvalue weighted by atomic mass is 10.1. The van der Waals surface area contributed by atoms with E-state index in [2.05, 4.69) is 4.90 Å². The largest absolute Gasteiger partial charge is 0.336 e. The minimum Gasteiger partial charge on any atom is -0.336 e. The highest BCUT2D eigenvalue weighted by Gasteiger charge is 2.25. The minimum absolute atomic E-state index is 0.00658. The molecule has 1 aromatic carbocycles. The van der Waals surface area contributed by atoms with Gasteiger partial charge in [0.1, 0.15) is 0 Å². The van der Waals surface area contributed by atoms with Crippen molar-refractivity contribution in [3.8, 4) is 0 Å². The average molecular weight is 383 g/mol. The fraction of sp³-hybridized carbons (Fsp3) is 0.417. The maximum absolute atomic E-state index is 13.9. The molecule has 0 spiro atoms. The van der Waals surface area contributed by atoms with Crippen LogP contribution in [0.1, 0.15) is 10.4 Å². The van der Waals surface area contributed by atoms with Gasteiger partial charge in [0.15, 0.2) is 5.82 Å². The lowest BCUT2D eigenvalue weighted by Crippen LogP contribution is -2.47. The van der Waals surface area contributed by atoms with Gasteiger partial charge in [0.05, 0.1) is 10.6 Å². The number of benzene rings is 1. The van der Waals surface area contributed by atoms with E-state index < -0.39 is 5.82 Å². The number of amides is 1. The van der Waals surface area contributed by atoms with Crippen molar-refractivity contribution in [2.45, 2.75) is 0 Å². The van der Waals surface area contributed by atoms with E-state index in [-0.39, 0.29) is 16.5 Å². The zero-order chi connectivity index (χ0) is 13.3. The molecule has 1 amide bonds. The number of nitrogens with zero attached hydrogens (tertiary/aromatic N) is 2. The molecule has 0 radical (unpaired) electrons. The molecule has 1 aliphatic rings. The Kier molecular flexibility index (Phi) is 4.45. The summed E-state index contributed by atoms with van der Waals surface area (Å²) < 4.78 is 14.5. The molecule has 0 unspecified atom stereocenters. The zero-order valence-corrected chi connectivity index (χ0v) is 12.8. The second kappa shape index (κ2) is 5.71. The Morgan fingerprint density at radius 2 is 1.94 bits per heavy atom. The molecular formula is C12H13ClFIN2O. The Hall–Kier alpha value is -0.400. The predicted octanol–water partition coefficient (Wildman–Crippen LogP) is 2.47. The molecule has 1 saturated heterocycles. The SMILES string of the molecule is CN1CCN(C(=O)c2c(I)ccc(Cl)c2F)CC1. The number of carbonyl (C=O) groups is 1. The first kappa shape index (κ1) is 14.0. The topological polar surface area (TPSA) is 23.6 Å². The van der Waals surface area contributed by atoms with Crippen LogP contribution in [0, 0.1) is 9.39 Å². The highest BCUT2D eigenvalue weighted by molar-refractivity contribution is 14.1. The van der Waals surface area contributed by atoms with Crippen LogP contribution in [0.2, 0.25) is 5.02 Å². The summed E-state index contributed by atoms with van der Waals surface area (Å²) in [6.45, 7) is 2.86. The quantitative estimate of drug-likeness (QED) is 0.550. The van der Waals surface area contributed by atoms with E-state index in [9.17, 15) is 9.18 Å². The van der Waals surface area contributed by atoms with Crippen LogP contribution < -0.4 is 0 Å². The summed E-state index contributed by atoms with van der Waals surface area (Å²) in [5.41, 5.74) is 0.0904. The van der Waals surface area contributed by atoms with E-state index in [4.69, 9.17) is 11.6 Å². The molecule has 0 N–H and O–H groups in total. The molecule has 18 heavy (non-hydrogen) atoms. The summed E-state index contributed by atoms with van der Waals surface area (Å²) >= 11 is 7.70. The van der Waals surface area contributed by atoms with Crippen LogP contribution in [0.5, 0.6) is 0 Å². The Morgan fingerprint density at radius 1 is 1.33 bits per heavy atom. The van der Waals surface area contributed by atoms with Crippen molar-refractivity contribution < 1.29 is 9.18 Å². The average Bonchev–Trinajstić information content (AvgIpc) is 2.35. The van der Waals surface area contributed by atoms with E-state index in [1.807, 2.05) is 29.6 Å². The fourth-order valence-electron chi connectivity index (χ4n) is 1.89. The Morgan fingerprint density at radius 3 is 2.56 bits per heavy atom. The van der Waals surface area contributed by atoms with E-state index in [0.717, 1.165) is 13.1 Å². The molecule has 1 aliphatic heterocycles. The van der Waals surface area contributed by atoms with Crippen molar-refractivity contribution in [2.75, 3.05) is 33.2 Å². The molecule has 0 aliphatic carbocycles. The normalized spacial score (nSPS) is 17.0. The number of carbonyl (C=O) groups excluding carboxylic acids is 1. The molecule has 1 fully saturated rings. The van der Waals surface area contributed by atoms with Gasteiger partial charge in [0, 0.05) is 29.7 Å². The molecule has 0 atom stereocenters. The Balaban J connectivity index is 2.26. The van der Waals surface area contributed by atoms with Crippen LogP contribution in [0.4, 0.5) is 4.39 Å². The maximum atomic E-state index is 13.9. The summed E-state index contributed by atoms with van der Waals surface area (Å²) in [7, 11) is 2.01. The van der Waals surface area contributed by atoms with E-state index in [1.54, 1.807) is 11.0 Å². The summed E-state index contributed by atoms with van der Waals surface area (Å²) in [5.74, 6) is -0.889. The maximum Gasteiger partial charge on any atom is 0.258 e. The third-order valence-corrected chi connectivity index (χ3v) is 4.24. The first-order valence-electron chi connectivity index (χ1n) is 5.62. The van der Waals surface area contributed by atoms with Crippen LogP contribution in [0.25, 0.3) is 0 Å². The van der Waals surface area contributed by atoms with Crippen molar-refractivity contribution in [3.63, 3.8) is 0 Å². The fourth-order valence-corrected chi connectivity index (χ4v) is 2.70. The van der Waals surface area contributed by atoms with Crippen molar-refractivity contribution in [1.82, 2.24) is 9.80 Å². The summed E-state index contributed by atoms with van der Waals surface area (Å²) in [6.07, 6.45) is 0. The number of hydrogen-bond acceptors (Lipinski definition) is 2. The van der Waals surface area contributed by atoms with Crippen molar-refractivity contribution in [1.29, 1.82) is 0 Å². The summed E-state index contributed by atoms with van der Waals surface area (Å²) in [4.78, 5) is 16.1. The van der Waals surface area contributed by atoms with Crippen molar-refractivity contribution in [3.05, 3.63) is 32.1 Å². The van der Waals surface area contributed by atoms with Crippen molar-refractivity contribution in [2.24, 2.45) is 0 Å². The molecule has 0 saturated carbocycles. The highest BCUT2D eigenvalue weighted by atomic mass is 127.